The number of aromatic nitrogens is 4. The van der Waals surface area contributed by atoms with Crippen molar-refractivity contribution in [2.24, 2.45) is 0 Å². The first-order valence-electron chi connectivity index (χ1n) is 12.9. The molecule has 3 aliphatic rings. The van der Waals surface area contributed by atoms with Crippen molar-refractivity contribution >= 4 is 17.4 Å². The average Bonchev–Trinajstić information content (AvgIpc) is 3.31. The van der Waals surface area contributed by atoms with Crippen molar-refractivity contribution in [3.05, 3.63) is 53.2 Å². The Kier molecular flexibility index (Phi) is 6.36. The Bertz CT molecular complexity index is 1310. The zero-order chi connectivity index (χ0) is 25.5. The third-order valence-electron chi connectivity index (χ3n) is 7.78. The van der Waals surface area contributed by atoms with Crippen LogP contribution in [0.15, 0.2) is 30.9 Å². The number of anilines is 2. The lowest BCUT2D eigenvalue weighted by atomic mass is 9.92. The highest BCUT2D eigenvalue weighted by atomic mass is 19.3. The number of benzene rings is 1. The molecule has 0 N–H and O–H groups in total. The van der Waals surface area contributed by atoms with Crippen LogP contribution in [0.2, 0.25) is 0 Å². The molecule has 0 atom stereocenters. The maximum absolute atomic E-state index is 14.3. The first kappa shape index (κ1) is 24.0. The standard InChI is InChI=1S/C27H30F2N6O2/c1-17(36)33-8-4-24-23(15-33)27(32-35(24)20-5-9-37-10-6-20)34-7-2-3-18-11-21(19-13-30-16-31-14-19)22(26(28)29)12-25(18)34/h11-14,16,20,26H,2-10,15H2,1H3. The Morgan fingerprint density at radius 1 is 1.11 bits per heavy atom. The van der Waals surface area contributed by atoms with Crippen LogP contribution in [-0.4, -0.2) is 56.9 Å². The van der Waals surface area contributed by atoms with Gasteiger partial charge in [-0.25, -0.2) is 18.7 Å². The van der Waals surface area contributed by atoms with Crippen LogP contribution in [0.1, 0.15) is 61.0 Å². The first-order chi connectivity index (χ1) is 18.0. The number of ether oxygens (including phenoxy) is 1. The highest BCUT2D eigenvalue weighted by Crippen LogP contribution is 2.43. The van der Waals surface area contributed by atoms with Crippen LogP contribution in [0.4, 0.5) is 20.3 Å². The summed E-state index contributed by atoms with van der Waals surface area (Å²) in [6, 6.07) is 3.72. The largest absolute Gasteiger partial charge is 0.381 e. The molecule has 10 heteroatoms. The van der Waals surface area contributed by atoms with Gasteiger partial charge in [-0.15, -0.1) is 0 Å². The van der Waals surface area contributed by atoms with E-state index in [4.69, 9.17) is 9.84 Å². The van der Waals surface area contributed by atoms with E-state index in [0.717, 1.165) is 60.4 Å². The number of carbonyl (C=O) groups excluding carboxylic acids is 1. The summed E-state index contributed by atoms with van der Waals surface area (Å²) >= 11 is 0. The molecule has 0 aliphatic carbocycles. The Hall–Kier alpha value is -3.40. The minimum Gasteiger partial charge on any atom is -0.381 e. The third kappa shape index (κ3) is 4.37. The monoisotopic (exact) mass is 508 g/mol. The molecule has 1 saturated heterocycles. The Morgan fingerprint density at radius 2 is 1.89 bits per heavy atom. The molecule has 0 spiro atoms. The maximum Gasteiger partial charge on any atom is 0.264 e. The summed E-state index contributed by atoms with van der Waals surface area (Å²) in [6.07, 6.45) is 6.07. The van der Waals surface area contributed by atoms with Crippen LogP contribution in [0, 0.1) is 0 Å². The van der Waals surface area contributed by atoms with E-state index in [0.29, 0.717) is 44.0 Å². The number of alkyl halides is 2. The summed E-state index contributed by atoms with van der Waals surface area (Å²) in [5.74, 6) is 0.813. The fraction of sp³-hybridized carbons (Fsp3) is 0.481. The molecule has 3 aliphatic heterocycles. The smallest absolute Gasteiger partial charge is 0.264 e. The van der Waals surface area contributed by atoms with Gasteiger partial charge >= 0.3 is 0 Å². The minimum atomic E-state index is -2.65. The number of aryl methyl sites for hydroxylation is 1. The molecule has 194 valence electrons. The molecule has 0 saturated carbocycles. The summed E-state index contributed by atoms with van der Waals surface area (Å²) < 4.78 is 36.4. The van der Waals surface area contributed by atoms with Crippen LogP contribution in [0.5, 0.6) is 0 Å². The molecule has 0 unspecified atom stereocenters. The predicted molar refractivity (Wildman–Crippen MR) is 134 cm³/mol. The van der Waals surface area contributed by atoms with Crippen molar-refractivity contribution in [3.8, 4) is 11.1 Å². The molecule has 8 nitrogen and oxygen atoms in total. The summed E-state index contributed by atoms with van der Waals surface area (Å²) in [6.45, 7) is 4.81. The molecule has 5 heterocycles. The Morgan fingerprint density at radius 3 is 2.62 bits per heavy atom. The van der Waals surface area contributed by atoms with Gasteiger partial charge in [0.2, 0.25) is 5.91 Å². The number of rotatable bonds is 4. The van der Waals surface area contributed by atoms with Crippen LogP contribution < -0.4 is 4.90 Å². The summed E-state index contributed by atoms with van der Waals surface area (Å²) in [4.78, 5) is 24.3. The van der Waals surface area contributed by atoms with Crippen LogP contribution in [0.3, 0.4) is 0 Å². The van der Waals surface area contributed by atoms with Crippen molar-refractivity contribution in [3.63, 3.8) is 0 Å². The van der Waals surface area contributed by atoms with E-state index in [1.54, 1.807) is 25.4 Å². The second-order valence-electron chi connectivity index (χ2n) is 9.98. The second-order valence-corrected chi connectivity index (χ2v) is 9.98. The number of hydrogen-bond donors (Lipinski definition) is 0. The van der Waals surface area contributed by atoms with Gasteiger partial charge in [0.1, 0.15) is 6.33 Å². The van der Waals surface area contributed by atoms with Gasteiger partial charge < -0.3 is 14.5 Å². The SMILES string of the molecule is CC(=O)N1CCc2c(c(N3CCCc4cc(-c5cncnc5)c(C(F)F)cc43)nn2C2CCOCC2)C1. The summed E-state index contributed by atoms with van der Waals surface area (Å²) in [7, 11) is 0. The van der Waals surface area contributed by atoms with Gasteiger partial charge in [0.05, 0.1) is 12.6 Å². The summed E-state index contributed by atoms with van der Waals surface area (Å²) in [5.41, 5.74) is 4.96. The molecule has 1 amide bonds. The molecule has 6 rings (SSSR count). The maximum atomic E-state index is 14.3. The molecule has 37 heavy (non-hydrogen) atoms. The fourth-order valence-corrected chi connectivity index (χ4v) is 5.88. The lowest BCUT2D eigenvalue weighted by Gasteiger charge is -2.33. The van der Waals surface area contributed by atoms with Gasteiger partial charge in [-0.2, -0.15) is 5.10 Å². The number of carbonyl (C=O) groups is 1. The van der Waals surface area contributed by atoms with Gasteiger partial charge in [0.25, 0.3) is 6.43 Å². The van der Waals surface area contributed by atoms with Crippen molar-refractivity contribution in [1.82, 2.24) is 24.6 Å². The first-order valence-corrected chi connectivity index (χ1v) is 12.9. The van der Waals surface area contributed by atoms with E-state index >= 15 is 0 Å². The van der Waals surface area contributed by atoms with E-state index in [2.05, 4.69) is 19.5 Å². The number of amides is 1. The van der Waals surface area contributed by atoms with Crippen molar-refractivity contribution in [2.75, 3.05) is 31.2 Å². The predicted octanol–water partition coefficient (Wildman–Crippen LogP) is 4.62. The van der Waals surface area contributed by atoms with E-state index in [9.17, 15) is 13.6 Å². The number of hydrogen-bond acceptors (Lipinski definition) is 6. The van der Waals surface area contributed by atoms with Gasteiger partial charge in [-0.3, -0.25) is 9.48 Å². The fourth-order valence-electron chi connectivity index (χ4n) is 5.88. The molecule has 2 aromatic heterocycles. The normalized spacial score (nSPS) is 18.2. The average molecular weight is 509 g/mol. The molecule has 1 aromatic carbocycles. The summed E-state index contributed by atoms with van der Waals surface area (Å²) in [5, 5.41) is 5.13. The minimum absolute atomic E-state index is 0.0316. The molecule has 0 bridgehead atoms. The molecule has 0 radical (unpaired) electrons. The Balaban J connectivity index is 1.47. The van der Waals surface area contributed by atoms with Gasteiger partial charge in [-0.05, 0) is 48.9 Å². The van der Waals surface area contributed by atoms with Crippen molar-refractivity contribution < 1.29 is 18.3 Å². The Labute approximate surface area is 214 Å². The highest BCUT2D eigenvalue weighted by molar-refractivity contribution is 5.78. The molecular weight excluding hydrogens is 478 g/mol. The quantitative estimate of drug-likeness (QED) is 0.512. The van der Waals surface area contributed by atoms with Crippen LogP contribution in [0.25, 0.3) is 11.1 Å². The molecule has 1 fully saturated rings. The van der Waals surface area contributed by atoms with Gasteiger partial charge in [0, 0.05) is 80.1 Å². The van der Waals surface area contributed by atoms with E-state index in [1.807, 2.05) is 11.0 Å². The molecule has 3 aromatic rings. The number of fused-ring (bicyclic) bond motifs is 2. The lowest BCUT2D eigenvalue weighted by Crippen LogP contribution is -2.36. The van der Waals surface area contributed by atoms with E-state index in [-0.39, 0.29) is 17.5 Å². The van der Waals surface area contributed by atoms with E-state index < -0.39 is 6.43 Å². The van der Waals surface area contributed by atoms with Gasteiger partial charge in [-0.1, -0.05) is 0 Å². The lowest BCUT2D eigenvalue weighted by molar-refractivity contribution is -0.129. The number of nitrogens with zero attached hydrogens (tertiary/aromatic N) is 6. The molecular formula is C27H30F2N6O2. The highest BCUT2D eigenvalue weighted by Gasteiger charge is 2.34. The van der Waals surface area contributed by atoms with Crippen molar-refractivity contribution in [2.45, 2.75) is 58.0 Å². The second kappa shape index (κ2) is 9.81. The third-order valence-corrected chi connectivity index (χ3v) is 7.78. The van der Waals surface area contributed by atoms with Crippen molar-refractivity contribution in [1.29, 1.82) is 0 Å². The zero-order valence-corrected chi connectivity index (χ0v) is 20.9. The van der Waals surface area contributed by atoms with Crippen LogP contribution in [-0.2, 0) is 28.9 Å². The zero-order valence-electron chi connectivity index (χ0n) is 20.9. The topological polar surface area (TPSA) is 76.4 Å². The van der Waals surface area contributed by atoms with Gasteiger partial charge in [0.15, 0.2) is 5.82 Å². The van der Waals surface area contributed by atoms with Crippen LogP contribution >= 0.6 is 0 Å². The number of halogens is 2. The van der Waals surface area contributed by atoms with E-state index in [1.165, 1.54) is 6.33 Å².